The minimum absolute atomic E-state index is 0.0121. The molecule has 0 fully saturated rings. The van der Waals surface area contributed by atoms with Crippen molar-refractivity contribution in [2.45, 2.75) is 20.0 Å². The summed E-state index contributed by atoms with van der Waals surface area (Å²) >= 11 is 0. The second-order valence-corrected chi connectivity index (χ2v) is 9.86. The van der Waals surface area contributed by atoms with Crippen LogP contribution in [0.15, 0.2) is 97.5 Å². The molecule has 5 aromatic rings. The lowest BCUT2D eigenvalue weighted by Crippen LogP contribution is -2.35. The lowest BCUT2D eigenvalue weighted by Gasteiger charge is -2.25. The number of aryl methyl sites for hydroxylation is 1. The summed E-state index contributed by atoms with van der Waals surface area (Å²) in [6.07, 6.45) is 3.48. The predicted octanol–water partition coefficient (Wildman–Crippen LogP) is 5.79. The van der Waals surface area contributed by atoms with Crippen molar-refractivity contribution in [3.8, 4) is 0 Å². The average Bonchev–Trinajstić information content (AvgIpc) is 3.41. The highest BCUT2D eigenvalue weighted by atomic mass is 16.2. The highest BCUT2D eigenvalue weighted by Crippen LogP contribution is 2.31. The Morgan fingerprint density at radius 3 is 2.56 bits per heavy atom. The number of carbonyl (C=O) groups excluding carboxylic acids is 2. The maximum Gasteiger partial charge on any atom is 0.255 e. The molecular weight excluding hydrogens is 486 g/mol. The Bertz CT molecular complexity index is 1660. The van der Waals surface area contributed by atoms with Crippen molar-refractivity contribution < 1.29 is 9.59 Å². The van der Waals surface area contributed by atoms with Gasteiger partial charge in [-0.2, -0.15) is 0 Å². The molecule has 0 unspecified atom stereocenters. The molecule has 4 aromatic carbocycles. The molecule has 1 aliphatic heterocycles. The van der Waals surface area contributed by atoms with E-state index in [-0.39, 0.29) is 11.8 Å². The second kappa shape index (κ2) is 10.5. The molecule has 194 valence electrons. The van der Waals surface area contributed by atoms with E-state index in [2.05, 4.69) is 20.2 Å². The Morgan fingerprint density at radius 1 is 0.923 bits per heavy atom. The fourth-order valence-corrected chi connectivity index (χ4v) is 5.24. The third-order valence-electron chi connectivity index (χ3n) is 7.30. The van der Waals surface area contributed by atoms with Crippen LogP contribution < -0.4 is 10.2 Å². The first-order chi connectivity index (χ1) is 19.1. The van der Waals surface area contributed by atoms with Gasteiger partial charge >= 0.3 is 0 Å². The number of hydrogen-bond donors (Lipinski definition) is 2. The summed E-state index contributed by atoms with van der Waals surface area (Å²) < 4.78 is 0. The number of aromatic amines is 1. The van der Waals surface area contributed by atoms with E-state index in [9.17, 15) is 9.59 Å². The van der Waals surface area contributed by atoms with Crippen LogP contribution in [-0.4, -0.2) is 39.8 Å². The molecule has 39 heavy (non-hydrogen) atoms. The Labute approximate surface area is 227 Å². The smallest absolute Gasteiger partial charge is 0.255 e. The first kappa shape index (κ1) is 24.4. The van der Waals surface area contributed by atoms with Crippen molar-refractivity contribution in [3.05, 3.63) is 125 Å². The molecule has 1 aromatic heterocycles. The second-order valence-electron chi connectivity index (χ2n) is 9.86. The zero-order chi connectivity index (χ0) is 26.8. The minimum atomic E-state index is -0.144. The Kier molecular flexibility index (Phi) is 6.55. The summed E-state index contributed by atoms with van der Waals surface area (Å²) in [7, 11) is 0. The van der Waals surface area contributed by atoms with Crippen LogP contribution in [0.1, 0.15) is 37.5 Å². The fourth-order valence-electron chi connectivity index (χ4n) is 5.24. The predicted molar refractivity (Wildman–Crippen MR) is 154 cm³/mol. The third kappa shape index (κ3) is 4.99. The van der Waals surface area contributed by atoms with Crippen molar-refractivity contribution >= 4 is 34.0 Å². The maximum absolute atomic E-state index is 13.8. The van der Waals surface area contributed by atoms with Gasteiger partial charge in [0.25, 0.3) is 11.8 Å². The number of aromatic nitrogens is 2. The molecule has 0 atom stereocenters. The molecule has 0 bridgehead atoms. The number of hydrogen-bond acceptors (Lipinski definition) is 4. The standard InChI is InChI=1S/C32H29N5O2/c1-22-7-2-4-10-27(22)31(38)35-25-14-13-24-19-37(16-15-36(30(24)17-25)20-26-18-33-21-34-26)32(39)29-12-6-9-23-8-3-5-11-28(23)29/h2-14,17-18,21H,15-16,19-20H2,1H3,(H,33,34)(H,35,38). The van der Waals surface area contributed by atoms with Gasteiger partial charge in [0.05, 0.1) is 18.6 Å². The average molecular weight is 516 g/mol. The number of fused-ring (bicyclic) bond motifs is 2. The summed E-state index contributed by atoms with van der Waals surface area (Å²) in [5, 5.41) is 5.07. The fraction of sp³-hybridized carbons (Fsp3) is 0.156. The van der Waals surface area contributed by atoms with Gasteiger partial charge in [0.2, 0.25) is 0 Å². The Hall–Kier alpha value is -4.91. The van der Waals surface area contributed by atoms with Crippen LogP contribution in [0.25, 0.3) is 10.8 Å². The van der Waals surface area contributed by atoms with Gasteiger partial charge in [0, 0.05) is 48.3 Å². The number of carbonyl (C=O) groups is 2. The Balaban J connectivity index is 1.32. The quantitative estimate of drug-likeness (QED) is 0.311. The topological polar surface area (TPSA) is 81.3 Å². The molecule has 0 radical (unpaired) electrons. The molecule has 7 nitrogen and oxygen atoms in total. The summed E-state index contributed by atoms with van der Waals surface area (Å²) in [4.78, 5) is 38.4. The van der Waals surface area contributed by atoms with Crippen molar-refractivity contribution in [2.24, 2.45) is 0 Å². The van der Waals surface area contributed by atoms with Gasteiger partial charge in [-0.05, 0) is 53.1 Å². The zero-order valence-electron chi connectivity index (χ0n) is 21.7. The van der Waals surface area contributed by atoms with Crippen LogP contribution in [0, 0.1) is 6.92 Å². The molecule has 0 spiro atoms. The molecule has 7 heteroatoms. The van der Waals surface area contributed by atoms with E-state index < -0.39 is 0 Å². The molecule has 0 saturated carbocycles. The molecule has 0 aliphatic carbocycles. The van der Waals surface area contributed by atoms with Crippen LogP contribution in [-0.2, 0) is 13.1 Å². The van der Waals surface area contributed by atoms with Gasteiger partial charge in [-0.1, -0.05) is 60.7 Å². The first-order valence-corrected chi connectivity index (χ1v) is 13.1. The van der Waals surface area contributed by atoms with Crippen molar-refractivity contribution in [1.29, 1.82) is 0 Å². The molecule has 2 amide bonds. The summed E-state index contributed by atoms with van der Waals surface area (Å²) in [6.45, 7) is 4.22. The van der Waals surface area contributed by atoms with E-state index in [1.165, 1.54) is 0 Å². The molecule has 0 saturated heterocycles. The van der Waals surface area contributed by atoms with Gasteiger partial charge in [-0.25, -0.2) is 4.98 Å². The SMILES string of the molecule is Cc1ccccc1C(=O)Nc1ccc2c(c1)N(Cc1cnc[nH]1)CCN(C(=O)c1cccc3ccccc13)C2. The van der Waals surface area contributed by atoms with Crippen molar-refractivity contribution in [3.63, 3.8) is 0 Å². The first-order valence-electron chi connectivity index (χ1n) is 13.1. The van der Waals surface area contributed by atoms with Gasteiger partial charge in [0.15, 0.2) is 0 Å². The number of amides is 2. The monoisotopic (exact) mass is 515 g/mol. The van der Waals surface area contributed by atoms with Crippen molar-refractivity contribution in [2.75, 3.05) is 23.3 Å². The van der Waals surface area contributed by atoms with Gasteiger partial charge < -0.3 is 20.1 Å². The molecule has 2 heterocycles. The van der Waals surface area contributed by atoms with Gasteiger partial charge in [-0.15, -0.1) is 0 Å². The third-order valence-corrected chi connectivity index (χ3v) is 7.30. The lowest BCUT2D eigenvalue weighted by molar-refractivity contribution is 0.0753. The van der Waals surface area contributed by atoms with E-state index in [0.29, 0.717) is 43.0 Å². The van der Waals surface area contributed by atoms with Crippen LogP contribution >= 0.6 is 0 Å². The lowest BCUT2D eigenvalue weighted by atomic mass is 10.0. The van der Waals surface area contributed by atoms with Gasteiger partial charge in [0.1, 0.15) is 0 Å². The normalized spacial score (nSPS) is 13.2. The van der Waals surface area contributed by atoms with E-state index in [4.69, 9.17) is 0 Å². The van der Waals surface area contributed by atoms with Crippen LogP contribution in [0.5, 0.6) is 0 Å². The molecular formula is C32H29N5O2. The van der Waals surface area contributed by atoms with E-state index in [0.717, 1.165) is 33.3 Å². The number of rotatable bonds is 5. The number of anilines is 2. The molecule has 1 aliphatic rings. The molecule has 6 rings (SSSR count). The van der Waals surface area contributed by atoms with Gasteiger partial charge in [-0.3, -0.25) is 9.59 Å². The summed E-state index contributed by atoms with van der Waals surface area (Å²) in [5.41, 5.74) is 5.98. The Morgan fingerprint density at radius 2 is 1.72 bits per heavy atom. The zero-order valence-corrected chi connectivity index (χ0v) is 21.7. The summed E-state index contributed by atoms with van der Waals surface area (Å²) in [5.74, 6) is -0.132. The number of H-pyrrole nitrogens is 1. The highest BCUT2D eigenvalue weighted by molar-refractivity contribution is 6.07. The number of nitrogens with zero attached hydrogens (tertiary/aromatic N) is 3. The number of nitrogens with one attached hydrogen (secondary N) is 2. The van der Waals surface area contributed by atoms with E-state index >= 15 is 0 Å². The van der Waals surface area contributed by atoms with E-state index in [1.807, 2.05) is 103 Å². The highest BCUT2D eigenvalue weighted by Gasteiger charge is 2.26. The largest absolute Gasteiger partial charge is 0.364 e. The van der Waals surface area contributed by atoms with E-state index in [1.54, 1.807) is 6.33 Å². The summed E-state index contributed by atoms with van der Waals surface area (Å²) in [6, 6.07) is 27.3. The number of imidazole rings is 1. The molecule has 2 N–H and O–H groups in total. The minimum Gasteiger partial charge on any atom is -0.364 e. The van der Waals surface area contributed by atoms with Crippen LogP contribution in [0.3, 0.4) is 0 Å². The van der Waals surface area contributed by atoms with Crippen LogP contribution in [0.4, 0.5) is 11.4 Å². The maximum atomic E-state index is 13.8. The van der Waals surface area contributed by atoms with Crippen molar-refractivity contribution in [1.82, 2.24) is 14.9 Å². The van der Waals surface area contributed by atoms with Crippen LogP contribution in [0.2, 0.25) is 0 Å². The number of benzene rings is 4.